The van der Waals surface area contributed by atoms with Gasteiger partial charge in [0.2, 0.25) is 0 Å². The number of aromatic nitrogens is 1. The van der Waals surface area contributed by atoms with Crippen molar-refractivity contribution in [3.05, 3.63) is 58.3 Å². The zero-order valence-corrected chi connectivity index (χ0v) is 10.5. The van der Waals surface area contributed by atoms with Crippen molar-refractivity contribution in [1.29, 1.82) is 0 Å². The lowest BCUT2D eigenvalue weighted by atomic mass is 10.2. The number of carbonyl (C=O) groups excluding carboxylic acids is 1. The highest BCUT2D eigenvalue weighted by Crippen LogP contribution is 2.27. The van der Waals surface area contributed by atoms with E-state index in [1.54, 1.807) is 0 Å². The third-order valence-electron chi connectivity index (χ3n) is 2.19. The number of carbonyl (C=O) groups is 1. The monoisotopic (exact) mass is 312 g/mol. The number of halogens is 3. The molecule has 0 aliphatic rings. The zero-order valence-electron chi connectivity index (χ0n) is 8.95. The van der Waals surface area contributed by atoms with Crippen LogP contribution in [-0.2, 0) is 0 Å². The van der Waals surface area contributed by atoms with Crippen LogP contribution in [0.5, 0.6) is 0 Å². The van der Waals surface area contributed by atoms with Gasteiger partial charge < -0.3 is 5.32 Å². The van der Waals surface area contributed by atoms with Crippen LogP contribution < -0.4 is 5.32 Å². The zero-order chi connectivity index (χ0) is 13.1. The molecule has 18 heavy (non-hydrogen) atoms. The Hall–Kier alpha value is -1.82. The average molecular weight is 313 g/mol. The van der Waals surface area contributed by atoms with Gasteiger partial charge in [0.1, 0.15) is 5.82 Å². The van der Waals surface area contributed by atoms with Crippen LogP contribution >= 0.6 is 15.9 Å². The quantitative estimate of drug-likeness (QED) is 0.923. The number of hydrogen-bond donors (Lipinski definition) is 1. The fourth-order valence-electron chi connectivity index (χ4n) is 1.35. The summed E-state index contributed by atoms with van der Waals surface area (Å²) in [6, 6.07) is 4.76. The molecule has 1 amide bonds. The number of rotatable bonds is 2. The molecule has 6 heteroatoms. The Morgan fingerprint density at radius 3 is 2.50 bits per heavy atom. The van der Waals surface area contributed by atoms with E-state index in [1.165, 1.54) is 24.5 Å². The molecule has 3 nitrogen and oxygen atoms in total. The van der Waals surface area contributed by atoms with Crippen LogP contribution in [0.4, 0.5) is 14.5 Å². The summed E-state index contributed by atoms with van der Waals surface area (Å²) in [5, 5.41) is 2.37. The van der Waals surface area contributed by atoms with Gasteiger partial charge in [-0.15, -0.1) is 0 Å². The maximum atomic E-state index is 13.5. The third kappa shape index (κ3) is 2.70. The van der Waals surface area contributed by atoms with E-state index in [1.807, 2.05) is 0 Å². The topological polar surface area (TPSA) is 42.0 Å². The van der Waals surface area contributed by atoms with Gasteiger partial charge in [-0.05, 0) is 34.1 Å². The van der Waals surface area contributed by atoms with E-state index in [4.69, 9.17) is 0 Å². The van der Waals surface area contributed by atoms with E-state index < -0.39 is 17.5 Å². The molecule has 0 spiro atoms. The van der Waals surface area contributed by atoms with Crippen LogP contribution in [0.2, 0.25) is 0 Å². The molecule has 0 bridgehead atoms. The first kappa shape index (κ1) is 12.6. The molecule has 0 saturated heterocycles. The fraction of sp³-hybridized carbons (Fsp3) is 0. The molecule has 2 aromatic rings. The minimum absolute atomic E-state index is 0.0989. The van der Waals surface area contributed by atoms with Crippen LogP contribution in [0.1, 0.15) is 10.4 Å². The summed E-state index contributed by atoms with van der Waals surface area (Å²) in [4.78, 5) is 15.6. The second-order valence-corrected chi connectivity index (χ2v) is 4.29. The summed E-state index contributed by atoms with van der Waals surface area (Å²) >= 11 is 2.99. The molecule has 1 heterocycles. The Bertz CT molecular complexity index is 567. The molecule has 0 radical (unpaired) electrons. The average Bonchev–Trinajstić information content (AvgIpc) is 2.34. The Kier molecular flexibility index (Phi) is 3.66. The maximum Gasteiger partial charge on any atom is 0.255 e. The van der Waals surface area contributed by atoms with Crippen molar-refractivity contribution < 1.29 is 13.6 Å². The molecule has 92 valence electrons. The maximum absolute atomic E-state index is 13.5. The number of benzene rings is 1. The number of nitrogens with zero attached hydrogens (tertiary/aromatic N) is 1. The van der Waals surface area contributed by atoms with E-state index in [9.17, 15) is 13.6 Å². The van der Waals surface area contributed by atoms with E-state index in [0.717, 1.165) is 6.07 Å². The summed E-state index contributed by atoms with van der Waals surface area (Å²) in [5.41, 5.74) is 0.235. The van der Waals surface area contributed by atoms with Gasteiger partial charge in [0.15, 0.2) is 5.82 Å². The van der Waals surface area contributed by atoms with E-state index in [0.29, 0.717) is 11.6 Å². The highest BCUT2D eigenvalue weighted by molar-refractivity contribution is 9.10. The normalized spacial score (nSPS) is 10.2. The lowest BCUT2D eigenvalue weighted by molar-refractivity contribution is 0.102. The molecule has 2 rings (SSSR count). The van der Waals surface area contributed by atoms with Crippen LogP contribution in [0.15, 0.2) is 41.1 Å². The number of hydrogen-bond acceptors (Lipinski definition) is 2. The van der Waals surface area contributed by atoms with Gasteiger partial charge in [-0.3, -0.25) is 9.78 Å². The predicted octanol–water partition coefficient (Wildman–Crippen LogP) is 3.37. The van der Waals surface area contributed by atoms with Gasteiger partial charge in [0.25, 0.3) is 5.91 Å². The summed E-state index contributed by atoms with van der Waals surface area (Å²) in [6.45, 7) is 0. The molecule has 0 aliphatic heterocycles. The lowest BCUT2D eigenvalue weighted by Gasteiger charge is -2.08. The highest BCUT2D eigenvalue weighted by Gasteiger charge is 2.13. The van der Waals surface area contributed by atoms with E-state index in [-0.39, 0.29) is 10.2 Å². The van der Waals surface area contributed by atoms with Gasteiger partial charge in [-0.25, -0.2) is 8.78 Å². The van der Waals surface area contributed by atoms with E-state index >= 15 is 0 Å². The SMILES string of the molecule is O=C(Nc1c(F)cc(F)cc1Br)c1ccncc1. The van der Waals surface area contributed by atoms with Crippen molar-refractivity contribution in [3.63, 3.8) is 0 Å². The van der Waals surface area contributed by atoms with Crippen LogP contribution in [0.25, 0.3) is 0 Å². The van der Waals surface area contributed by atoms with Crippen molar-refractivity contribution in [3.8, 4) is 0 Å². The van der Waals surface area contributed by atoms with Gasteiger partial charge >= 0.3 is 0 Å². The largest absolute Gasteiger partial charge is 0.319 e. The molecule has 1 N–H and O–H groups in total. The van der Waals surface area contributed by atoms with Crippen LogP contribution in [0, 0.1) is 11.6 Å². The number of nitrogens with one attached hydrogen (secondary N) is 1. The fourth-order valence-corrected chi connectivity index (χ4v) is 1.86. The molecule has 1 aromatic carbocycles. The van der Waals surface area contributed by atoms with Gasteiger partial charge in [-0.2, -0.15) is 0 Å². The van der Waals surface area contributed by atoms with Gasteiger partial charge in [0.05, 0.1) is 5.69 Å². The minimum atomic E-state index is -0.843. The summed E-state index contributed by atoms with van der Waals surface area (Å²) in [7, 11) is 0. The lowest BCUT2D eigenvalue weighted by Crippen LogP contribution is -2.13. The Morgan fingerprint density at radius 1 is 1.22 bits per heavy atom. The standard InChI is InChI=1S/C12H7BrF2N2O/c13-9-5-8(14)6-10(15)11(9)17-12(18)7-1-3-16-4-2-7/h1-6H,(H,17,18). The third-order valence-corrected chi connectivity index (χ3v) is 2.81. The summed E-state index contributed by atoms with van der Waals surface area (Å²) < 4.78 is 26.5. The minimum Gasteiger partial charge on any atom is -0.319 e. The summed E-state index contributed by atoms with van der Waals surface area (Å²) in [6.07, 6.45) is 2.90. The first-order chi connectivity index (χ1) is 8.58. The van der Waals surface area contributed by atoms with Crippen LogP contribution in [-0.4, -0.2) is 10.9 Å². The van der Waals surface area contributed by atoms with Crippen LogP contribution in [0.3, 0.4) is 0 Å². The number of amides is 1. The molecule has 1 aromatic heterocycles. The first-order valence-electron chi connectivity index (χ1n) is 4.94. The molecular weight excluding hydrogens is 306 g/mol. The Morgan fingerprint density at radius 2 is 1.89 bits per heavy atom. The molecule has 0 aliphatic carbocycles. The molecule has 0 unspecified atom stereocenters. The van der Waals surface area contributed by atoms with E-state index in [2.05, 4.69) is 26.2 Å². The van der Waals surface area contributed by atoms with Crippen molar-refractivity contribution >= 4 is 27.5 Å². The molecule has 0 saturated carbocycles. The number of pyridine rings is 1. The molecule has 0 fully saturated rings. The van der Waals surface area contributed by atoms with Crippen molar-refractivity contribution in [2.45, 2.75) is 0 Å². The Balaban J connectivity index is 2.28. The van der Waals surface area contributed by atoms with Gasteiger partial charge in [-0.1, -0.05) is 0 Å². The predicted molar refractivity (Wildman–Crippen MR) is 66.2 cm³/mol. The van der Waals surface area contributed by atoms with Gasteiger partial charge in [0, 0.05) is 28.5 Å². The smallest absolute Gasteiger partial charge is 0.255 e. The molecular formula is C12H7BrF2N2O. The van der Waals surface area contributed by atoms with Crippen molar-refractivity contribution in [1.82, 2.24) is 4.98 Å². The van der Waals surface area contributed by atoms with Crippen molar-refractivity contribution in [2.24, 2.45) is 0 Å². The van der Waals surface area contributed by atoms with Crippen molar-refractivity contribution in [2.75, 3.05) is 5.32 Å². The second-order valence-electron chi connectivity index (χ2n) is 3.43. The highest BCUT2D eigenvalue weighted by atomic mass is 79.9. The second kappa shape index (κ2) is 5.22. The Labute approximate surface area is 110 Å². The molecule has 0 atom stereocenters. The summed E-state index contributed by atoms with van der Waals surface area (Å²) in [5.74, 6) is -2.06. The number of anilines is 1. The first-order valence-corrected chi connectivity index (χ1v) is 5.73.